The predicted molar refractivity (Wildman–Crippen MR) is 92.3 cm³/mol. The van der Waals surface area contributed by atoms with Gasteiger partial charge in [-0.3, -0.25) is 14.4 Å². The quantitative estimate of drug-likeness (QED) is 0.796. The highest BCUT2D eigenvalue weighted by Crippen LogP contribution is 2.36. The Kier molecular flexibility index (Phi) is 5.29. The minimum atomic E-state index is -1.81. The van der Waals surface area contributed by atoms with Gasteiger partial charge in [0, 0.05) is 0 Å². The summed E-state index contributed by atoms with van der Waals surface area (Å²) in [5.41, 5.74) is 5.15. The predicted octanol–water partition coefficient (Wildman–Crippen LogP) is 2.86. The van der Waals surface area contributed by atoms with Crippen molar-refractivity contribution in [3.63, 3.8) is 0 Å². The molecule has 24 heavy (non-hydrogen) atoms. The number of primary amides is 1. The fraction of sp³-hybridized carbons (Fsp3) is 0.250. The molecule has 0 saturated heterocycles. The molecule has 0 aromatic heterocycles. The van der Waals surface area contributed by atoms with Crippen LogP contribution in [0.15, 0.2) is 60.7 Å². The molecule has 2 aromatic rings. The van der Waals surface area contributed by atoms with Gasteiger partial charge in [0.05, 0.1) is 5.92 Å². The average Bonchev–Trinajstić information content (AvgIpc) is 2.57. The Balaban J connectivity index is 2.65. The summed E-state index contributed by atoms with van der Waals surface area (Å²) >= 11 is 0. The summed E-state index contributed by atoms with van der Waals surface area (Å²) in [7, 11) is 0. The highest BCUT2D eigenvalue weighted by atomic mass is 16.2. The molecule has 0 aliphatic heterocycles. The molecule has 4 nitrogen and oxygen atoms in total. The smallest absolute Gasteiger partial charge is 0.238 e. The maximum absolute atomic E-state index is 13.4. The fourth-order valence-electron chi connectivity index (χ4n) is 3.10. The van der Waals surface area contributed by atoms with Crippen LogP contribution in [0.5, 0.6) is 0 Å². The second-order valence-corrected chi connectivity index (χ2v) is 5.80. The van der Waals surface area contributed by atoms with Crippen LogP contribution in [0.25, 0.3) is 0 Å². The van der Waals surface area contributed by atoms with Crippen LogP contribution in [0.2, 0.25) is 0 Å². The number of ketones is 2. The average molecular weight is 323 g/mol. The first-order chi connectivity index (χ1) is 11.4. The maximum atomic E-state index is 13.4. The number of rotatable bonds is 7. The molecule has 2 aromatic carbocycles. The van der Waals surface area contributed by atoms with Crippen LogP contribution >= 0.6 is 0 Å². The van der Waals surface area contributed by atoms with Gasteiger partial charge in [0.2, 0.25) is 5.91 Å². The number of Topliss-reactive ketones (excluding diaryl/α,β-unsaturated/α-hetero) is 2. The molecule has 1 atom stereocenters. The van der Waals surface area contributed by atoms with Crippen molar-refractivity contribution in [2.45, 2.75) is 26.2 Å². The van der Waals surface area contributed by atoms with Crippen LogP contribution in [0, 0.1) is 5.41 Å². The molecule has 4 heteroatoms. The van der Waals surface area contributed by atoms with Gasteiger partial charge < -0.3 is 5.73 Å². The van der Waals surface area contributed by atoms with E-state index >= 15 is 0 Å². The lowest BCUT2D eigenvalue weighted by atomic mass is 9.69. The normalized spacial score (nSPS) is 13.3. The zero-order chi connectivity index (χ0) is 17.7. The summed E-state index contributed by atoms with van der Waals surface area (Å²) in [5, 5.41) is 0. The summed E-state index contributed by atoms with van der Waals surface area (Å²) in [6.07, 6.45) is 0.0483. The number of carbonyl (C=O) groups excluding carboxylic acids is 3. The lowest BCUT2D eigenvalue weighted by Gasteiger charge is -2.30. The second-order valence-electron chi connectivity index (χ2n) is 5.80. The standard InChI is InChI=1S/C20H21NO3/c1-3-20(14(2)22,19(21)24)18(23)17(15-10-6-4-7-11-15)16-12-8-5-9-13-16/h4-13,17H,3H2,1-2H3,(H2,21,24). The van der Waals surface area contributed by atoms with E-state index in [4.69, 9.17) is 5.73 Å². The van der Waals surface area contributed by atoms with Gasteiger partial charge in [-0.05, 0) is 24.5 Å². The van der Waals surface area contributed by atoms with E-state index in [0.29, 0.717) is 0 Å². The van der Waals surface area contributed by atoms with E-state index in [1.807, 2.05) is 60.7 Å². The van der Waals surface area contributed by atoms with Crippen molar-refractivity contribution in [3.05, 3.63) is 71.8 Å². The maximum Gasteiger partial charge on any atom is 0.238 e. The molecule has 1 amide bonds. The van der Waals surface area contributed by atoms with Crippen molar-refractivity contribution >= 4 is 17.5 Å². The Bertz CT molecular complexity index is 684. The Hall–Kier alpha value is -2.75. The Morgan fingerprint density at radius 2 is 1.33 bits per heavy atom. The molecule has 1 unspecified atom stereocenters. The van der Waals surface area contributed by atoms with Gasteiger partial charge in [-0.15, -0.1) is 0 Å². The van der Waals surface area contributed by atoms with Crippen LogP contribution in [-0.2, 0) is 14.4 Å². The summed E-state index contributed by atoms with van der Waals surface area (Å²) in [4.78, 5) is 37.7. The SMILES string of the molecule is CCC(C(C)=O)(C(N)=O)C(=O)C(c1ccccc1)c1ccccc1. The Morgan fingerprint density at radius 3 is 1.62 bits per heavy atom. The van der Waals surface area contributed by atoms with Crippen molar-refractivity contribution in [2.24, 2.45) is 11.1 Å². The molecule has 0 saturated carbocycles. The van der Waals surface area contributed by atoms with Crippen molar-refractivity contribution in [2.75, 3.05) is 0 Å². The fourth-order valence-corrected chi connectivity index (χ4v) is 3.10. The minimum Gasteiger partial charge on any atom is -0.368 e. The zero-order valence-electron chi connectivity index (χ0n) is 13.9. The summed E-state index contributed by atoms with van der Waals surface area (Å²) in [6, 6.07) is 18.3. The van der Waals surface area contributed by atoms with Gasteiger partial charge in [0.25, 0.3) is 0 Å². The van der Waals surface area contributed by atoms with Crippen LogP contribution in [0.1, 0.15) is 37.3 Å². The van der Waals surface area contributed by atoms with Crippen molar-refractivity contribution in [3.8, 4) is 0 Å². The summed E-state index contributed by atoms with van der Waals surface area (Å²) < 4.78 is 0. The number of nitrogens with two attached hydrogens (primary N) is 1. The number of benzene rings is 2. The topological polar surface area (TPSA) is 77.2 Å². The first-order valence-corrected chi connectivity index (χ1v) is 7.90. The molecule has 0 bridgehead atoms. The van der Waals surface area contributed by atoms with Gasteiger partial charge >= 0.3 is 0 Å². The molecule has 124 valence electrons. The first kappa shape index (κ1) is 17.6. The van der Waals surface area contributed by atoms with E-state index < -0.39 is 28.8 Å². The lowest BCUT2D eigenvalue weighted by molar-refractivity contribution is -0.148. The zero-order valence-corrected chi connectivity index (χ0v) is 13.9. The highest BCUT2D eigenvalue weighted by molar-refractivity contribution is 6.24. The molecule has 0 heterocycles. The van der Waals surface area contributed by atoms with Gasteiger partial charge in [-0.2, -0.15) is 0 Å². The van der Waals surface area contributed by atoms with Crippen molar-refractivity contribution in [1.29, 1.82) is 0 Å². The van der Waals surface area contributed by atoms with Crippen molar-refractivity contribution < 1.29 is 14.4 Å². The third kappa shape index (κ3) is 3.00. The molecule has 2 rings (SSSR count). The lowest BCUT2D eigenvalue weighted by Crippen LogP contribution is -2.50. The third-order valence-electron chi connectivity index (χ3n) is 4.50. The van der Waals surface area contributed by atoms with Crippen LogP contribution < -0.4 is 5.73 Å². The first-order valence-electron chi connectivity index (χ1n) is 7.90. The van der Waals surface area contributed by atoms with Gasteiger partial charge in [0.15, 0.2) is 17.0 Å². The van der Waals surface area contributed by atoms with E-state index in [1.165, 1.54) is 6.92 Å². The second kappa shape index (κ2) is 7.21. The van der Waals surface area contributed by atoms with E-state index in [-0.39, 0.29) is 6.42 Å². The van der Waals surface area contributed by atoms with Gasteiger partial charge in [-0.25, -0.2) is 0 Å². The van der Waals surface area contributed by atoms with E-state index in [0.717, 1.165) is 11.1 Å². The molecular weight excluding hydrogens is 302 g/mol. The largest absolute Gasteiger partial charge is 0.368 e. The number of carbonyl (C=O) groups is 3. The van der Waals surface area contributed by atoms with Crippen LogP contribution in [0.3, 0.4) is 0 Å². The Morgan fingerprint density at radius 1 is 0.917 bits per heavy atom. The summed E-state index contributed by atoms with van der Waals surface area (Å²) in [5.74, 6) is -2.59. The number of amides is 1. The van der Waals surface area contributed by atoms with E-state index in [2.05, 4.69) is 0 Å². The number of hydrogen-bond donors (Lipinski definition) is 1. The summed E-state index contributed by atoms with van der Waals surface area (Å²) in [6.45, 7) is 2.89. The molecule has 0 spiro atoms. The number of hydrogen-bond acceptors (Lipinski definition) is 3. The Labute approximate surface area is 141 Å². The minimum absolute atomic E-state index is 0.0483. The molecule has 0 aliphatic rings. The monoisotopic (exact) mass is 323 g/mol. The van der Waals surface area contributed by atoms with Gasteiger partial charge in [-0.1, -0.05) is 67.6 Å². The highest BCUT2D eigenvalue weighted by Gasteiger charge is 2.50. The van der Waals surface area contributed by atoms with E-state index in [9.17, 15) is 14.4 Å². The third-order valence-corrected chi connectivity index (χ3v) is 4.50. The van der Waals surface area contributed by atoms with Gasteiger partial charge in [0.1, 0.15) is 0 Å². The molecule has 0 aliphatic carbocycles. The van der Waals surface area contributed by atoms with Crippen molar-refractivity contribution in [1.82, 2.24) is 0 Å². The van der Waals surface area contributed by atoms with E-state index in [1.54, 1.807) is 6.92 Å². The van der Waals surface area contributed by atoms with Crippen LogP contribution in [0.4, 0.5) is 0 Å². The molecular formula is C20H21NO3. The van der Waals surface area contributed by atoms with Crippen LogP contribution in [-0.4, -0.2) is 17.5 Å². The molecule has 2 N–H and O–H groups in total. The molecule has 0 fully saturated rings. The molecule has 0 radical (unpaired) electrons.